The second kappa shape index (κ2) is 4.21. The predicted molar refractivity (Wildman–Crippen MR) is 72.0 cm³/mol. The maximum atomic E-state index is 4.90. The molecular weight excluding hydrogens is 206 g/mol. The molecule has 1 nitrogen and oxygen atoms in total. The minimum atomic E-state index is 0.691. The molecule has 0 saturated heterocycles. The second-order valence-electron chi connectivity index (χ2n) is 5.40. The van der Waals surface area contributed by atoms with Crippen molar-refractivity contribution in [1.29, 1.82) is 0 Å². The lowest BCUT2D eigenvalue weighted by molar-refractivity contribution is 0.342. The summed E-state index contributed by atoms with van der Waals surface area (Å²) in [6, 6.07) is 8.62. The van der Waals surface area contributed by atoms with Crippen molar-refractivity contribution >= 4 is 11.3 Å². The Kier molecular flexibility index (Phi) is 2.70. The van der Waals surface area contributed by atoms with Crippen LogP contribution in [0.3, 0.4) is 0 Å². The Hall–Kier alpha value is -1.24. The number of fused-ring (bicyclic) bond motifs is 2. The summed E-state index contributed by atoms with van der Waals surface area (Å²) in [6.07, 6.45) is 5.10. The van der Waals surface area contributed by atoms with Gasteiger partial charge in [0.15, 0.2) is 0 Å². The Bertz CT molecular complexity index is 458. The van der Waals surface area contributed by atoms with Gasteiger partial charge in [0.25, 0.3) is 0 Å². The topological polar surface area (TPSA) is 14.1 Å². The first-order chi connectivity index (χ1) is 8.31. The van der Waals surface area contributed by atoms with Crippen molar-refractivity contribution in [2.24, 2.45) is 11.8 Å². The first kappa shape index (κ1) is 10.9. The Balaban J connectivity index is 2.00. The molecule has 0 amide bonds. The fourth-order valence-corrected chi connectivity index (χ4v) is 3.31. The van der Waals surface area contributed by atoms with E-state index in [1.54, 1.807) is 0 Å². The van der Waals surface area contributed by atoms with Crippen LogP contribution in [-0.2, 0) is 0 Å². The maximum absolute atomic E-state index is 4.90. The number of hydrogen-bond donors (Lipinski definition) is 0. The van der Waals surface area contributed by atoms with Crippen molar-refractivity contribution < 1.29 is 0 Å². The molecule has 0 spiro atoms. The smallest absolute Gasteiger partial charge is 0.0708 e. The molecule has 2 unspecified atom stereocenters. The molecule has 2 atom stereocenters. The highest BCUT2D eigenvalue weighted by Crippen LogP contribution is 2.47. The number of allylic oxidation sites excluding steroid dienone is 2. The van der Waals surface area contributed by atoms with Gasteiger partial charge in [0, 0.05) is 17.2 Å². The lowest BCUT2D eigenvalue weighted by Crippen LogP contribution is -2.21. The van der Waals surface area contributed by atoms with Crippen LogP contribution in [0, 0.1) is 11.8 Å². The van der Waals surface area contributed by atoms with Gasteiger partial charge in [-0.2, -0.15) is 0 Å². The van der Waals surface area contributed by atoms with Crippen molar-refractivity contribution in [3.8, 4) is 0 Å². The molecule has 1 heterocycles. The molecule has 0 fully saturated rings. The normalized spacial score (nSPS) is 26.5. The van der Waals surface area contributed by atoms with Crippen LogP contribution in [0.5, 0.6) is 0 Å². The Morgan fingerprint density at radius 2 is 2.12 bits per heavy atom. The van der Waals surface area contributed by atoms with Crippen molar-refractivity contribution in [2.45, 2.75) is 39.5 Å². The van der Waals surface area contributed by atoms with E-state index in [0.29, 0.717) is 5.92 Å². The van der Waals surface area contributed by atoms with Crippen LogP contribution in [0.1, 0.15) is 45.1 Å². The third-order valence-electron chi connectivity index (χ3n) is 4.27. The van der Waals surface area contributed by atoms with Crippen LogP contribution >= 0.6 is 0 Å². The Morgan fingerprint density at radius 3 is 2.94 bits per heavy atom. The van der Waals surface area contributed by atoms with Gasteiger partial charge in [-0.05, 0) is 36.8 Å². The summed E-state index contributed by atoms with van der Waals surface area (Å²) in [4.78, 5) is 0. The minimum Gasteiger partial charge on any atom is -0.252 e. The van der Waals surface area contributed by atoms with E-state index in [-0.39, 0.29) is 0 Å². The Labute approximate surface area is 104 Å². The highest BCUT2D eigenvalue weighted by molar-refractivity contribution is 5.82. The van der Waals surface area contributed by atoms with Crippen molar-refractivity contribution in [3.63, 3.8) is 0 Å². The third kappa shape index (κ3) is 1.69. The van der Waals surface area contributed by atoms with Gasteiger partial charge in [-0.25, -0.2) is 0 Å². The van der Waals surface area contributed by atoms with E-state index in [1.807, 2.05) is 0 Å². The summed E-state index contributed by atoms with van der Waals surface area (Å²) in [5.41, 5.74) is 5.55. The number of rotatable bonds is 2. The van der Waals surface area contributed by atoms with Crippen LogP contribution in [0.2, 0.25) is 0 Å². The number of benzene rings is 1. The van der Waals surface area contributed by atoms with Gasteiger partial charge in [0.05, 0.1) is 5.69 Å². The molecule has 1 aromatic carbocycles. The second-order valence-corrected chi connectivity index (χ2v) is 5.40. The van der Waals surface area contributed by atoms with Crippen molar-refractivity contribution in [3.05, 3.63) is 35.5 Å². The van der Waals surface area contributed by atoms with E-state index in [0.717, 1.165) is 5.92 Å². The van der Waals surface area contributed by atoms with Crippen LogP contribution in [-0.4, -0.2) is 0 Å². The zero-order valence-corrected chi connectivity index (χ0v) is 10.7. The molecule has 0 bridgehead atoms. The monoisotopic (exact) mass is 226 g/mol. The average Bonchev–Trinajstić information content (AvgIpc) is 2.72. The molecule has 0 aromatic heterocycles. The van der Waals surface area contributed by atoms with Crippen molar-refractivity contribution in [2.75, 3.05) is 0 Å². The standard InChI is InChI=1S/C16H20N/c1-3-6-12-11(2)9-10-14-13-7-4-5-8-15(13)17-16(12)14/h4-5,7-8,11-12H,3,6,9-10H2,1-2H3. The average molecular weight is 226 g/mol. The van der Waals surface area contributed by atoms with Gasteiger partial charge in [-0.1, -0.05) is 38.5 Å². The van der Waals surface area contributed by atoms with Crippen LogP contribution in [0.15, 0.2) is 30.0 Å². The molecule has 1 aliphatic heterocycles. The van der Waals surface area contributed by atoms with E-state index in [9.17, 15) is 0 Å². The molecule has 89 valence electrons. The number of para-hydroxylation sites is 1. The molecule has 0 saturated carbocycles. The summed E-state index contributed by atoms with van der Waals surface area (Å²) >= 11 is 0. The lowest BCUT2D eigenvalue weighted by atomic mass is 9.76. The van der Waals surface area contributed by atoms with Gasteiger partial charge >= 0.3 is 0 Å². The maximum Gasteiger partial charge on any atom is 0.0708 e. The van der Waals surface area contributed by atoms with Gasteiger partial charge in [0.2, 0.25) is 0 Å². The third-order valence-corrected chi connectivity index (χ3v) is 4.27. The molecule has 0 N–H and O–H groups in total. The molecule has 2 aliphatic rings. The van der Waals surface area contributed by atoms with Crippen LogP contribution in [0.4, 0.5) is 5.69 Å². The van der Waals surface area contributed by atoms with E-state index >= 15 is 0 Å². The molecule has 1 aromatic rings. The van der Waals surface area contributed by atoms with E-state index in [4.69, 9.17) is 5.32 Å². The van der Waals surface area contributed by atoms with Crippen LogP contribution in [0.25, 0.3) is 5.57 Å². The molecule has 1 aliphatic carbocycles. The summed E-state index contributed by atoms with van der Waals surface area (Å²) in [5, 5.41) is 4.90. The Morgan fingerprint density at radius 1 is 1.29 bits per heavy atom. The summed E-state index contributed by atoms with van der Waals surface area (Å²) in [6.45, 7) is 4.67. The highest BCUT2D eigenvalue weighted by Gasteiger charge is 2.34. The van der Waals surface area contributed by atoms with Gasteiger partial charge in [-0.15, -0.1) is 0 Å². The number of hydrogen-bond acceptors (Lipinski definition) is 0. The zero-order chi connectivity index (χ0) is 11.8. The zero-order valence-electron chi connectivity index (χ0n) is 10.7. The van der Waals surface area contributed by atoms with E-state index < -0.39 is 0 Å². The molecular formula is C16H20N. The van der Waals surface area contributed by atoms with E-state index in [1.165, 1.54) is 48.2 Å². The fraction of sp³-hybridized carbons (Fsp3) is 0.500. The van der Waals surface area contributed by atoms with Gasteiger partial charge in [-0.3, -0.25) is 5.32 Å². The minimum absolute atomic E-state index is 0.691. The van der Waals surface area contributed by atoms with E-state index in [2.05, 4.69) is 38.1 Å². The molecule has 17 heavy (non-hydrogen) atoms. The number of nitrogens with zero attached hydrogens (tertiary/aromatic N) is 1. The lowest BCUT2D eigenvalue weighted by Gasteiger charge is -2.29. The quantitative estimate of drug-likeness (QED) is 0.705. The molecule has 3 rings (SSSR count). The highest BCUT2D eigenvalue weighted by atomic mass is 14.9. The van der Waals surface area contributed by atoms with Gasteiger partial charge < -0.3 is 0 Å². The van der Waals surface area contributed by atoms with Crippen LogP contribution < -0.4 is 5.32 Å². The summed E-state index contributed by atoms with van der Waals surface area (Å²) in [5.74, 6) is 1.49. The first-order valence-electron chi connectivity index (χ1n) is 6.85. The molecule has 1 heteroatoms. The molecule has 1 radical (unpaired) electrons. The summed E-state index contributed by atoms with van der Waals surface area (Å²) < 4.78 is 0. The largest absolute Gasteiger partial charge is 0.252 e. The fourth-order valence-electron chi connectivity index (χ4n) is 3.31. The summed E-state index contributed by atoms with van der Waals surface area (Å²) in [7, 11) is 0. The van der Waals surface area contributed by atoms with Crippen molar-refractivity contribution in [1.82, 2.24) is 5.32 Å². The van der Waals surface area contributed by atoms with Gasteiger partial charge in [0.1, 0.15) is 0 Å². The SMILES string of the molecule is CCCC1C2=C(CCC1C)c1ccccc1[N]2. The first-order valence-corrected chi connectivity index (χ1v) is 6.85. The predicted octanol–water partition coefficient (Wildman–Crippen LogP) is 4.49.